The molecule has 1 aromatic heterocycles. The Hall–Kier alpha value is -1.69. The van der Waals surface area contributed by atoms with E-state index in [-0.39, 0.29) is 5.91 Å². The van der Waals surface area contributed by atoms with Crippen LogP contribution >= 0.6 is 0 Å². The van der Waals surface area contributed by atoms with E-state index in [0.29, 0.717) is 24.7 Å². The second kappa shape index (κ2) is 6.80. The first-order chi connectivity index (χ1) is 8.08. The minimum absolute atomic E-state index is 0.108. The van der Waals surface area contributed by atoms with E-state index in [0.717, 1.165) is 6.54 Å². The van der Waals surface area contributed by atoms with Crippen LogP contribution in [0.4, 0.5) is 0 Å². The van der Waals surface area contributed by atoms with Crippen LogP contribution in [0.25, 0.3) is 0 Å². The van der Waals surface area contributed by atoms with Crippen LogP contribution in [0.2, 0.25) is 0 Å². The summed E-state index contributed by atoms with van der Waals surface area (Å²) in [5.41, 5.74) is 0. The molecule has 0 aliphatic carbocycles. The number of rotatable bonds is 6. The summed E-state index contributed by atoms with van der Waals surface area (Å²) in [7, 11) is 3.89. The van der Waals surface area contributed by atoms with Crippen molar-refractivity contribution in [2.75, 3.05) is 27.2 Å². The van der Waals surface area contributed by atoms with Gasteiger partial charge in [0.1, 0.15) is 0 Å². The van der Waals surface area contributed by atoms with Gasteiger partial charge in [-0.25, -0.2) is 0 Å². The van der Waals surface area contributed by atoms with Gasteiger partial charge in [0.05, 0.1) is 0 Å². The first kappa shape index (κ1) is 13.4. The van der Waals surface area contributed by atoms with Gasteiger partial charge in [-0.15, -0.1) is 0 Å². The molecule has 6 nitrogen and oxygen atoms in total. The van der Waals surface area contributed by atoms with Gasteiger partial charge in [-0.3, -0.25) is 4.79 Å². The number of likely N-dealkylation sites (N-methyl/N-ethyl adjacent to an activating group) is 1. The van der Waals surface area contributed by atoms with Gasteiger partial charge in [0, 0.05) is 25.6 Å². The summed E-state index contributed by atoms with van der Waals surface area (Å²) >= 11 is 0. The molecule has 0 radical (unpaired) electrons. The predicted octanol–water partition coefficient (Wildman–Crippen LogP) is 0.155. The molecule has 0 aliphatic rings. The molecule has 1 heterocycles. The number of aryl methyl sites for hydroxylation is 1. The molecule has 1 amide bonds. The standard InChI is InChI=1S/C11H18N4O2/c1-9-13-11(17-14-9)6-7-12-10(16)5-4-8-15(2)3/h4-5H,6-8H2,1-3H3,(H,12,16)/b5-4+. The van der Waals surface area contributed by atoms with E-state index < -0.39 is 0 Å². The maximum absolute atomic E-state index is 11.3. The van der Waals surface area contributed by atoms with Gasteiger partial charge in [-0.05, 0) is 21.0 Å². The van der Waals surface area contributed by atoms with Crippen LogP contribution in [0.5, 0.6) is 0 Å². The Labute approximate surface area is 101 Å². The van der Waals surface area contributed by atoms with Crippen LogP contribution in [0.3, 0.4) is 0 Å². The normalized spacial score (nSPS) is 11.3. The number of hydrogen-bond donors (Lipinski definition) is 1. The van der Waals surface area contributed by atoms with Crippen LogP contribution in [0, 0.1) is 6.92 Å². The second-order valence-corrected chi connectivity index (χ2v) is 3.94. The van der Waals surface area contributed by atoms with Crippen LogP contribution < -0.4 is 5.32 Å². The summed E-state index contributed by atoms with van der Waals surface area (Å²) in [5.74, 6) is 1.04. The summed E-state index contributed by atoms with van der Waals surface area (Å²) in [6.45, 7) is 3.00. The topological polar surface area (TPSA) is 71.3 Å². The molecule has 0 bridgehead atoms. The maximum Gasteiger partial charge on any atom is 0.243 e. The van der Waals surface area contributed by atoms with Crippen molar-refractivity contribution in [3.63, 3.8) is 0 Å². The molecule has 1 N–H and O–H groups in total. The molecule has 0 atom stereocenters. The van der Waals surface area contributed by atoms with Gasteiger partial charge >= 0.3 is 0 Å². The van der Waals surface area contributed by atoms with E-state index in [1.54, 1.807) is 6.92 Å². The van der Waals surface area contributed by atoms with Crippen molar-refractivity contribution in [1.82, 2.24) is 20.4 Å². The highest BCUT2D eigenvalue weighted by Crippen LogP contribution is 1.95. The van der Waals surface area contributed by atoms with Crippen molar-refractivity contribution < 1.29 is 9.32 Å². The average molecular weight is 238 g/mol. The highest BCUT2D eigenvalue weighted by Gasteiger charge is 2.02. The molecule has 1 rings (SSSR count). The lowest BCUT2D eigenvalue weighted by Crippen LogP contribution is -2.24. The zero-order valence-corrected chi connectivity index (χ0v) is 10.4. The van der Waals surface area contributed by atoms with E-state index in [9.17, 15) is 4.79 Å². The zero-order chi connectivity index (χ0) is 12.7. The van der Waals surface area contributed by atoms with Crippen LogP contribution in [0.1, 0.15) is 11.7 Å². The molecule has 0 saturated heterocycles. The van der Waals surface area contributed by atoms with Crippen molar-refractivity contribution in [2.24, 2.45) is 0 Å². The Morgan fingerprint density at radius 2 is 2.29 bits per heavy atom. The third-order valence-electron chi connectivity index (χ3n) is 1.95. The highest BCUT2D eigenvalue weighted by atomic mass is 16.5. The van der Waals surface area contributed by atoms with Gasteiger partial charge in [-0.1, -0.05) is 11.2 Å². The van der Waals surface area contributed by atoms with Gasteiger partial charge < -0.3 is 14.7 Å². The van der Waals surface area contributed by atoms with Gasteiger partial charge in [0.2, 0.25) is 11.8 Å². The summed E-state index contributed by atoms with van der Waals surface area (Å²) in [6.07, 6.45) is 3.89. The zero-order valence-electron chi connectivity index (χ0n) is 10.4. The third-order valence-corrected chi connectivity index (χ3v) is 1.95. The molecular weight excluding hydrogens is 220 g/mol. The molecule has 0 unspecified atom stereocenters. The molecule has 0 saturated carbocycles. The average Bonchev–Trinajstić information content (AvgIpc) is 2.63. The third kappa shape index (κ3) is 5.82. The van der Waals surface area contributed by atoms with E-state index in [1.165, 1.54) is 6.08 Å². The Morgan fingerprint density at radius 1 is 1.53 bits per heavy atom. The van der Waals surface area contributed by atoms with Gasteiger partial charge in [-0.2, -0.15) is 4.98 Å². The summed E-state index contributed by atoms with van der Waals surface area (Å²) in [6, 6.07) is 0. The quantitative estimate of drug-likeness (QED) is 0.714. The van der Waals surface area contributed by atoms with Crippen molar-refractivity contribution in [3.8, 4) is 0 Å². The van der Waals surface area contributed by atoms with Crippen LogP contribution in [-0.2, 0) is 11.2 Å². The van der Waals surface area contributed by atoms with Crippen molar-refractivity contribution in [2.45, 2.75) is 13.3 Å². The number of nitrogens with zero attached hydrogens (tertiary/aromatic N) is 3. The second-order valence-electron chi connectivity index (χ2n) is 3.94. The van der Waals surface area contributed by atoms with Crippen molar-refractivity contribution in [1.29, 1.82) is 0 Å². The fourth-order valence-electron chi connectivity index (χ4n) is 1.16. The Morgan fingerprint density at radius 3 is 2.88 bits per heavy atom. The molecule has 6 heteroatoms. The largest absolute Gasteiger partial charge is 0.352 e. The molecule has 1 aromatic rings. The van der Waals surface area contributed by atoms with E-state index in [2.05, 4.69) is 15.5 Å². The predicted molar refractivity (Wildman–Crippen MR) is 63.4 cm³/mol. The van der Waals surface area contributed by atoms with E-state index in [4.69, 9.17) is 4.52 Å². The number of nitrogens with one attached hydrogen (secondary N) is 1. The SMILES string of the molecule is Cc1noc(CCNC(=O)/C=C/CN(C)C)n1. The van der Waals surface area contributed by atoms with Crippen LogP contribution in [-0.4, -0.2) is 48.1 Å². The molecule has 0 spiro atoms. The minimum atomic E-state index is -0.108. The Bertz CT molecular complexity index is 385. The lowest BCUT2D eigenvalue weighted by Gasteiger charge is -2.03. The van der Waals surface area contributed by atoms with Gasteiger partial charge in [0.25, 0.3) is 0 Å². The first-order valence-corrected chi connectivity index (χ1v) is 5.46. The number of amides is 1. The van der Waals surface area contributed by atoms with Gasteiger partial charge in [0.15, 0.2) is 5.82 Å². The fourth-order valence-corrected chi connectivity index (χ4v) is 1.16. The number of carbonyl (C=O) groups is 1. The smallest absolute Gasteiger partial charge is 0.243 e. The molecule has 94 valence electrons. The molecule has 0 aromatic carbocycles. The molecule has 0 aliphatic heterocycles. The number of carbonyl (C=O) groups excluding carboxylic acids is 1. The maximum atomic E-state index is 11.3. The van der Waals surface area contributed by atoms with E-state index in [1.807, 2.05) is 25.1 Å². The van der Waals surface area contributed by atoms with Crippen molar-refractivity contribution in [3.05, 3.63) is 23.9 Å². The summed E-state index contributed by atoms with van der Waals surface area (Å²) in [4.78, 5) is 17.4. The minimum Gasteiger partial charge on any atom is -0.352 e. The lowest BCUT2D eigenvalue weighted by atomic mass is 10.4. The van der Waals surface area contributed by atoms with Crippen molar-refractivity contribution >= 4 is 5.91 Å². The molecule has 0 fully saturated rings. The number of hydrogen-bond acceptors (Lipinski definition) is 5. The monoisotopic (exact) mass is 238 g/mol. The Balaban J connectivity index is 2.18. The van der Waals surface area contributed by atoms with E-state index >= 15 is 0 Å². The summed E-state index contributed by atoms with van der Waals surface area (Å²) < 4.78 is 4.92. The molecular formula is C11H18N4O2. The fraction of sp³-hybridized carbons (Fsp3) is 0.545. The Kier molecular flexibility index (Phi) is 5.35. The molecule has 17 heavy (non-hydrogen) atoms. The summed E-state index contributed by atoms with van der Waals surface area (Å²) in [5, 5.41) is 6.41. The highest BCUT2D eigenvalue weighted by molar-refractivity contribution is 5.87. The lowest BCUT2D eigenvalue weighted by molar-refractivity contribution is -0.116. The first-order valence-electron chi connectivity index (χ1n) is 5.46. The number of aromatic nitrogens is 2. The van der Waals surface area contributed by atoms with Crippen LogP contribution in [0.15, 0.2) is 16.7 Å².